The third kappa shape index (κ3) is 4.51. The normalized spacial score (nSPS) is 13.1. The van der Waals surface area contributed by atoms with Crippen LogP contribution in [0, 0.1) is 0 Å². The van der Waals surface area contributed by atoms with Crippen LogP contribution in [-0.2, 0) is 4.79 Å². The zero-order valence-electron chi connectivity index (χ0n) is 16.0. The molecule has 0 saturated heterocycles. The number of carbonyl (C=O) groups excluding carboxylic acids is 1. The molecule has 8 heteroatoms. The van der Waals surface area contributed by atoms with Crippen molar-refractivity contribution < 1.29 is 9.90 Å². The van der Waals surface area contributed by atoms with Crippen LogP contribution in [0.15, 0.2) is 53.7 Å². The summed E-state index contributed by atoms with van der Waals surface area (Å²) in [6.45, 7) is 6.10. The smallest absolute Gasteiger partial charge is 0.237 e. The Morgan fingerprint density at radius 2 is 1.89 bits per heavy atom. The van der Waals surface area contributed by atoms with Crippen molar-refractivity contribution in [2.45, 2.75) is 43.5 Å². The van der Waals surface area contributed by atoms with Crippen molar-refractivity contribution in [2.75, 3.05) is 5.32 Å². The minimum Gasteiger partial charge on any atom is -0.508 e. The number of aromatic hydroxyl groups is 1. The van der Waals surface area contributed by atoms with Gasteiger partial charge in [-0.15, -0.1) is 5.10 Å². The second kappa shape index (κ2) is 8.88. The molecule has 1 heterocycles. The van der Waals surface area contributed by atoms with E-state index in [9.17, 15) is 9.90 Å². The second-order valence-electron chi connectivity index (χ2n) is 6.54. The summed E-state index contributed by atoms with van der Waals surface area (Å²) < 4.78 is 1.54. The van der Waals surface area contributed by atoms with Gasteiger partial charge in [-0.05, 0) is 65.6 Å². The van der Waals surface area contributed by atoms with Crippen molar-refractivity contribution in [3.05, 3.63) is 54.1 Å². The molecule has 28 heavy (non-hydrogen) atoms. The number of benzene rings is 2. The van der Waals surface area contributed by atoms with Crippen LogP contribution < -0.4 is 5.32 Å². The van der Waals surface area contributed by atoms with E-state index in [1.807, 2.05) is 31.2 Å². The molecular formula is C20H23N5O2S. The Labute approximate surface area is 168 Å². The minimum atomic E-state index is -0.396. The van der Waals surface area contributed by atoms with Gasteiger partial charge in [-0.3, -0.25) is 4.79 Å². The van der Waals surface area contributed by atoms with Crippen LogP contribution in [0.3, 0.4) is 0 Å². The average Bonchev–Trinajstić information content (AvgIpc) is 3.16. The van der Waals surface area contributed by atoms with Gasteiger partial charge in [0.25, 0.3) is 0 Å². The molecular weight excluding hydrogens is 374 g/mol. The molecule has 0 spiro atoms. The highest BCUT2D eigenvalue weighted by Gasteiger charge is 2.20. The number of phenols is 1. The second-order valence-corrected chi connectivity index (χ2v) is 7.84. The molecule has 0 aliphatic heterocycles. The summed E-state index contributed by atoms with van der Waals surface area (Å²) in [7, 11) is 0. The van der Waals surface area contributed by atoms with Gasteiger partial charge in [-0.2, -0.15) is 4.68 Å². The van der Waals surface area contributed by atoms with Crippen LogP contribution in [0.4, 0.5) is 5.69 Å². The summed E-state index contributed by atoms with van der Waals surface area (Å²) in [5, 5.41) is 24.3. The Bertz CT molecular complexity index is 942. The Balaban J connectivity index is 1.73. The molecule has 146 valence electrons. The van der Waals surface area contributed by atoms with E-state index >= 15 is 0 Å². The Kier molecular flexibility index (Phi) is 6.30. The number of rotatable bonds is 7. The molecule has 2 aromatic carbocycles. The first-order valence-corrected chi connectivity index (χ1v) is 10.0. The SMILES string of the molecule is CC[C@@H](C)c1ccccc1NC(=O)[C@H](C)Sc1nnnn1-c1ccc(O)cc1. The Morgan fingerprint density at radius 1 is 1.18 bits per heavy atom. The summed E-state index contributed by atoms with van der Waals surface area (Å²) in [6.07, 6.45) is 0.999. The van der Waals surface area contributed by atoms with Gasteiger partial charge >= 0.3 is 0 Å². The highest BCUT2D eigenvalue weighted by atomic mass is 32.2. The molecule has 7 nitrogen and oxygen atoms in total. The maximum Gasteiger partial charge on any atom is 0.237 e. The van der Waals surface area contributed by atoms with Crippen LogP contribution in [0.5, 0.6) is 5.75 Å². The number of tetrazole rings is 1. The van der Waals surface area contributed by atoms with E-state index in [1.54, 1.807) is 28.9 Å². The third-order valence-corrected chi connectivity index (χ3v) is 5.58. The molecule has 2 atom stereocenters. The van der Waals surface area contributed by atoms with Gasteiger partial charge in [-0.25, -0.2) is 0 Å². The lowest BCUT2D eigenvalue weighted by molar-refractivity contribution is -0.115. The van der Waals surface area contributed by atoms with Crippen molar-refractivity contribution in [1.29, 1.82) is 0 Å². The van der Waals surface area contributed by atoms with E-state index in [0.29, 0.717) is 16.8 Å². The molecule has 3 aromatic rings. The van der Waals surface area contributed by atoms with E-state index < -0.39 is 5.25 Å². The van der Waals surface area contributed by atoms with Gasteiger partial charge in [0.1, 0.15) is 5.75 Å². The number of thioether (sulfide) groups is 1. The quantitative estimate of drug-likeness (QED) is 0.585. The number of phenolic OH excluding ortho intramolecular Hbond substituents is 1. The fourth-order valence-corrected chi connectivity index (χ4v) is 3.52. The summed E-state index contributed by atoms with van der Waals surface area (Å²) in [6, 6.07) is 14.4. The van der Waals surface area contributed by atoms with Gasteiger partial charge in [-0.1, -0.05) is 43.8 Å². The number of nitrogens with one attached hydrogen (secondary N) is 1. The topological polar surface area (TPSA) is 92.9 Å². The molecule has 0 aliphatic rings. The lowest BCUT2D eigenvalue weighted by atomic mass is 9.97. The fraction of sp³-hybridized carbons (Fsp3) is 0.300. The van der Waals surface area contributed by atoms with Crippen molar-refractivity contribution in [2.24, 2.45) is 0 Å². The van der Waals surface area contributed by atoms with Crippen LogP contribution in [-0.4, -0.2) is 36.5 Å². The molecule has 1 amide bonds. The zero-order valence-corrected chi connectivity index (χ0v) is 16.8. The Morgan fingerprint density at radius 3 is 2.61 bits per heavy atom. The van der Waals surface area contributed by atoms with Gasteiger partial charge in [0.2, 0.25) is 11.1 Å². The van der Waals surface area contributed by atoms with E-state index in [-0.39, 0.29) is 11.7 Å². The fourth-order valence-electron chi connectivity index (χ4n) is 2.71. The molecule has 0 saturated carbocycles. The first-order chi connectivity index (χ1) is 13.5. The largest absolute Gasteiger partial charge is 0.508 e. The lowest BCUT2D eigenvalue weighted by Gasteiger charge is -2.17. The van der Waals surface area contributed by atoms with Crippen LogP contribution in [0.1, 0.15) is 38.7 Å². The molecule has 0 unspecified atom stereocenters. The summed E-state index contributed by atoms with van der Waals surface area (Å²) >= 11 is 1.28. The minimum absolute atomic E-state index is 0.110. The molecule has 2 N–H and O–H groups in total. The van der Waals surface area contributed by atoms with Gasteiger partial charge in [0, 0.05) is 5.69 Å². The summed E-state index contributed by atoms with van der Waals surface area (Å²) in [5.74, 6) is 0.418. The van der Waals surface area contributed by atoms with Crippen molar-refractivity contribution in [3.63, 3.8) is 0 Å². The molecule has 0 bridgehead atoms. The third-order valence-electron chi connectivity index (χ3n) is 4.55. The van der Waals surface area contributed by atoms with Gasteiger partial charge in [0.15, 0.2) is 0 Å². The number of amides is 1. The van der Waals surface area contributed by atoms with Crippen molar-refractivity contribution in [1.82, 2.24) is 20.2 Å². The van der Waals surface area contributed by atoms with E-state index in [4.69, 9.17) is 0 Å². The average molecular weight is 398 g/mol. The first kappa shape index (κ1) is 19.9. The Hall–Kier alpha value is -2.87. The number of carbonyl (C=O) groups is 1. The molecule has 1 aromatic heterocycles. The number of para-hydroxylation sites is 1. The lowest BCUT2D eigenvalue weighted by Crippen LogP contribution is -2.23. The van der Waals surface area contributed by atoms with Gasteiger partial charge in [0.05, 0.1) is 10.9 Å². The maximum absolute atomic E-state index is 12.8. The predicted octanol–water partition coefficient (Wildman–Crippen LogP) is 4.00. The number of nitrogens with zero attached hydrogens (tertiary/aromatic N) is 4. The molecule has 0 radical (unpaired) electrons. The van der Waals surface area contributed by atoms with E-state index in [0.717, 1.165) is 17.7 Å². The molecule has 0 aliphatic carbocycles. The number of anilines is 1. The van der Waals surface area contributed by atoms with Crippen LogP contribution in [0.2, 0.25) is 0 Å². The zero-order chi connectivity index (χ0) is 20.1. The molecule has 0 fully saturated rings. The van der Waals surface area contributed by atoms with Crippen molar-refractivity contribution >= 4 is 23.4 Å². The monoisotopic (exact) mass is 397 g/mol. The van der Waals surface area contributed by atoms with Crippen LogP contribution >= 0.6 is 11.8 Å². The maximum atomic E-state index is 12.8. The summed E-state index contributed by atoms with van der Waals surface area (Å²) in [5.41, 5.74) is 2.68. The highest BCUT2D eigenvalue weighted by Crippen LogP contribution is 2.28. The van der Waals surface area contributed by atoms with Crippen LogP contribution in [0.25, 0.3) is 5.69 Å². The molecule has 3 rings (SSSR count). The predicted molar refractivity (Wildman–Crippen MR) is 110 cm³/mol. The number of hydrogen-bond donors (Lipinski definition) is 2. The summed E-state index contributed by atoms with van der Waals surface area (Å²) in [4.78, 5) is 12.8. The van der Waals surface area contributed by atoms with E-state index in [2.05, 4.69) is 34.7 Å². The van der Waals surface area contributed by atoms with Gasteiger partial charge < -0.3 is 10.4 Å². The standard InChI is InChI=1S/C20H23N5O2S/c1-4-13(2)17-7-5-6-8-18(17)21-19(27)14(3)28-20-22-23-24-25(20)15-9-11-16(26)12-10-15/h5-14,26H,4H2,1-3H3,(H,21,27)/t13-,14+/m1/s1. The highest BCUT2D eigenvalue weighted by molar-refractivity contribution is 8.00. The number of hydrogen-bond acceptors (Lipinski definition) is 6. The van der Waals surface area contributed by atoms with E-state index in [1.165, 1.54) is 11.8 Å². The number of aromatic nitrogens is 4. The first-order valence-electron chi connectivity index (χ1n) is 9.13. The van der Waals surface area contributed by atoms with Crippen molar-refractivity contribution in [3.8, 4) is 11.4 Å².